The zero-order valence-corrected chi connectivity index (χ0v) is 16.1. The van der Waals surface area contributed by atoms with Gasteiger partial charge in [-0.1, -0.05) is 26.7 Å². The highest BCUT2D eigenvalue weighted by atomic mass is 16.5. The highest BCUT2D eigenvalue weighted by molar-refractivity contribution is 5.74. The van der Waals surface area contributed by atoms with Crippen molar-refractivity contribution in [2.24, 2.45) is 5.92 Å². The second-order valence-corrected chi connectivity index (χ2v) is 7.35. The minimum atomic E-state index is 0.0754. The summed E-state index contributed by atoms with van der Waals surface area (Å²) in [6.07, 6.45) is 3.45. The van der Waals surface area contributed by atoms with Gasteiger partial charge in [-0.15, -0.1) is 0 Å². The zero-order valence-electron chi connectivity index (χ0n) is 16.1. The molecule has 2 rings (SSSR count). The van der Waals surface area contributed by atoms with Crippen molar-refractivity contribution < 1.29 is 9.53 Å². The summed E-state index contributed by atoms with van der Waals surface area (Å²) in [5.41, 5.74) is 1.18. The number of hydrogen-bond donors (Lipinski definition) is 1. The smallest absolute Gasteiger partial charge is 0.317 e. The van der Waals surface area contributed by atoms with Gasteiger partial charge in [-0.25, -0.2) is 4.79 Å². The Labute approximate surface area is 152 Å². The van der Waals surface area contributed by atoms with E-state index < -0.39 is 0 Å². The number of urea groups is 1. The van der Waals surface area contributed by atoms with Crippen LogP contribution in [0.5, 0.6) is 5.75 Å². The van der Waals surface area contributed by atoms with Crippen LogP contribution in [0.15, 0.2) is 24.3 Å². The van der Waals surface area contributed by atoms with Crippen molar-refractivity contribution in [2.75, 3.05) is 38.2 Å². The molecule has 25 heavy (non-hydrogen) atoms. The van der Waals surface area contributed by atoms with Crippen molar-refractivity contribution in [1.29, 1.82) is 0 Å². The number of methoxy groups -OCH3 is 1. The van der Waals surface area contributed by atoms with Crippen LogP contribution in [-0.4, -0.2) is 50.3 Å². The van der Waals surface area contributed by atoms with E-state index in [0.717, 1.165) is 44.3 Å². The Hall–Kier alpha value is -1.91. The van der Waals surface area contributed by atoms with Crippen molar-refractivity contribution >= 4 is 11.7 Å². The van der Waals surface area contributed by atoms with Crippen molar-refractivity contribution in [3.8, 4) is 5.75 Å². The summed E-state index contributed by atoms with van der Waals surface area (Å²) in [5.74, 6) is 1.60. The van der Waals surface area contributed by atoms with Crippen LogP contribution in [0, 0.1) is 5.92 Å². The van der Waals surface area contributed by atoms with Crippen molar-refractivity contribution in [2.45, 2.75) is 46.1 Å². The molecule has 140 valence electrons. The quantitative estimate of drug-likeness (QED) is 0.817. The van der Waals surface area contributed by atoms with Crippen LogP contribution in [0.25, 0.3) is 0 Å². The van der Waals surface area contributed by atoms with Gasteiger partial charge >= 0.3 is 6.03 Å². The fourth-order valence-corrected chi connectivity index (χ4v) is 3.17. The van der Waals surface area contributed by atoms with Crippen LogP contribution in [0.2, 0.25) is 0 Å². The molecule has 1 N–H and O–H groups in total. The molecule has 0 spiro atoms. The molecule has 0 radical (unpaired) electrons. The highest BCUT2D eigenvalue weighted by Gasteiger charge is 2.22. The molecule has 0 bridgehead atoms. The lowest BCUT2D eigenvalue weighted by molar-refractivity contribution is 0.190. The molecule has 1 unspecified atom stereocenters. The predicted molar refractivity (Wildman–Crippen MR) is 103 cm³/mol. The van der Waals surface area contributed by atoms with Crippen LogP contribution < -0.4 is 15.0 Å². The third kappa shape index (κ3) is 6.15. The summed E-state index contributed by atoms with van der Waals surface area (Å²) in [6, 6.07) is 8.43. The Bertz CT molecular complexity index is 522. The first-order valence-corrected chi connectivity index (χ1v) is 9.44. The van der Waals surface area contributed by atoms with Crippen LogP contribution in [-0.2, 0) is 0 Å². The molecule has 1 atom stereocenters. The number of nitrogens with zero attached hydrogens (tertiary/aromatic N) is 2. The predicted octanol–water partition coefficient (Wildman–Crippen LogP) is 3.74. The average molecular weight is 348 g/mol. The number of rotatable bonds is 7. The van der Waals surface area contributed by atoms with Gasteiger partial charge in [0.25, 0.3) is 0 Å². The maximum atomic E-state index is 12.4. The van der Waals surface area contributed by atoms with Gasteiger partial charge in [-0.2, -0.15) is 0 Å². The number of hydrogen-bond acceptors (Lipinski definition) is 3. The summed E-state index contributed by atoms with van der Waals surface area (Å²) in [5, 5.41) is 3.14. The van der Waals surface area contributed by atoms with E-state index in [1.54, 1.807) is 7.11 Å². The third-order valence-corrected chi connectivity index (χ3v) is 4.79. The summed E-state index contributed by atoms with van der Waals surface area (Å²) < 4.78 is 5.20. The van der Waals surface area contributed by atoms with Crippen molar-refractivity contribution in [3.05, 3.63) is 24.3 Å². The van der Waals surface area contributed by atoms with E-state index in [2.05, 4.69) is 43.1 Å². The summed E-state index contributed by atoms with van der Waals surface area (Å²) >= 11 is 0. The number of ether oxygens (including phenoxy) is 1. The number of carbonyl (C=O) groups excluding carboxylic acids is 1. The van der Waals surface area contributed by atoms with Crippen LogP contribution >= 0.6 is 0 Å². The minimum absolute atomic E-state index is 0.0754. The van der Waals surface area contributed by atoms with Gasteiger partial charge < -0.3 is 19.9 Å². The summed E-state index contributed by atoms with van der Waals surface area (Å²) in [6.45, 7) is 9.83. The number of piperazine rings is 1. The summed E-state index contributed by atoms with van der Waals surface area (Å²) in [7, 11) is 1.68. The third-order valence-electron chi connectivity index (χ3n) is 4.79. The Morgan fingerprint density at radius 1 is 1.08 bits per heavy atom. The molecule has 0 aromatic heterocycles. The number of benzene rings is 1. The molecular weight excluding hydrogens is 314 g/mol. The maximum absolute atomic E-state index is 12.4. The topological polar surface area (TPSA) is 44.8 Å². The first-order chi connectivity index (χ1) is 12.0. The van der Waals surface area contributed by atoms with Gasteiger partial charge in [0.1, 0.15) is 5.75 Å². The minimum Gasteiger partial charge on any atom is -0.497 e. The summed E-state index contributed by atoms with van der Waals surface area (Å²) in [4.78, 5) is 16.7. The zero-order chi connectivity index (χ0) is 18.2. The Morgan fingerprint density at radius 3 is 2.28 bits per heavy atom. The lowest BCUT2D eigenvalue weighted by atomic mass is 10.0. The van der Waals surface area contributed by atoms with Gasteiger partial charge in [0.15, 0.2) is 0 Å². The average Bonchev–Trinajstić information content (AvgIpc) is 2.61. The number of amides is 2. The van der Waals surface area contributed by atoms with Crippen molar-refractivity contribution in [3.63, 3.8) is 0 Å². The fraction of sp³-hybridized carbons (Fsp3) is 0.650. The molecular formula is C20H33N3O2. The van der Waals surface area contributed by atoms with Gasteiger partial charge in [-0.05, 0) is 43.5 Å². The molecule has 2 amide bonds. The van der Waals surface area contributed by atoms with Gasteiger partial charge in [0.05, 0.1) is 7.11 Å². The highest BCUT2D eigenvalue weighted by Crippen LogP contribution is 2.20. The SMILES string of the molecule is COc1ccc(N2CCN(C(=O)NC(C)CCCC(C)C)CC2)cc1. The second kappa shape index (κ2) is 9.54. The molecule has 1 fully saturated rings. The van der Waals surface area contributed by atoms with E-state index in [1.807, 2.05) is 17.0 Å². The van der Waals surface area contributed by atoms with Gasteiger partial charge in [0.2, 0.25) is 0 Å². The molecule has 1 aliphatic heterocycles. The first kappa shape index (κ1) is 19.4. The monoisotopic (exact) mass is 347 g/mol. The van der Waals surface area contributed by atoms with E-state index in [4.69, 9.17) is 4.74 Å². The van der Waals surface area contributed by atoms with E-state index in [9.17, 15) is 4.79 Å². The number of anilines is 1. The molecule has 1 saturated heterocycles. The van der Waals surface area contributed by atoms with Crippen LogP contribution in [0.3, 0.4) is 0 Å². The molecule has 1 aromatic carbocycles. The lowest BCUT2D eigenvalue weighted by Gasteiger charge is -2.36. The van der Waals surface area contributed by atoms with Gasteiger partial charge in [0, 0.05) is 37.9 Å². The van der Waals surface area contributed by atoms with E-state index in [1.165, 1.54) is 18.5 Å². The molecule has 5 heteroatoms. The van der Waals surface area contributed by atoms with Gasteiger partial charge in [-0.3, -0.25) is 0 Å². The Morgan fingerprint density at radius 2 is 1.72 bits per heavy atom. The lowest BCUT2D eigenvalue weighted by Crippen LogP contribution is -2.53. The standard InChI is InChI=1S/C20H33N3O2/c1-16(2)6-5-7-17(3)21-20(24)23-14-12-22(13-15-23)18-8-10-19(25-4)11-9-18/h8-11,16-17H,5-7,12-15H2,1-4H3,(H,21,24). The molecule has 0 saturated carbocycles. The Balaban J connectivity index is 1.74. The van der Waals surface area contributed by atoms with Crippen LogP contribution in [0.1, 0.15) is 40.0 Å². The van der Waals surface area contributed by atoms with E-state index in [-0.39, 0.29) is 12.1 Å². The molecule has 1 aliphatic rings. The van der Waals surface area contributed by atoms with E-state index >= 15 is 0 Å². The number of carbonyl (C=O) groups is 1. The number of nitrogens with one attached hydrogen (secondary N) is 1. The fourth-order valence-electron chi connectivity index (χ4n) is 3.17. The van der Waals surface area contributed by atoms with E-state index in [0.29, 0.717) is 0 Å². The maximum Gasteiger partial charge on any atom is 0.317 e. The Kier molecular flexibility index (Phi) is 7.41. The molecule has 5 nitrogen and oxygen atoms in total. The first-order valence-electron chi connectivity index (χ1n) is 9.44. The molecule has 0 aliphatic carbocycles. The molecule has 1 aromatic rings. The van der Waals surface area contributed by atoms with Crippen molar-refractivity contribution in [1.82, 2.24) is 10.2 Å². The van der Waals surface area contributed by atoms with Crippen LogP contribution in [0.4, 0.5) is 10.5 Å². The second-order valence-electron chi connectivity index (χ2n) is 7.35. The normalized spacial score (nSPS) is 16.0. The largest absolute Gasteiger partial charge is 0.497 e. The molecule has 1 heterocycles.